The molecule has 0 saturated carbocycles. The first-order valence-electron chi connectivity index (χ1n) is 9.02. The Morgan fingerprint density at radius 1 is 1.22 bits per heavy atom. The van der Waals surface area contributed by atoms with Gasteiger partial charge in [0, 0.05) is 44.1 Å². The van der Waals surface area contributed by atoms with Crippen molar-refractivity contribution >= 4 is 11.6 Å². The Kier molecular flexibility index (Phi) is 5.91. The average Bonchev–Trinajstić information content (AvgIpc) is 2.68. The van der Waals surface area contributed by atoms with Gasteiger partial charge in [-0.15, -0.1) is 0 Å². The van der Waals surface area contributed by atoms with Crippen molar-refractivity contribution in [2.45, 2.75) is 13.0 Å². The van der Waals surface area contributed by atoms with E-state index in [2.05, 4.69) is 27.1 Å². The Morgan fingerprint density at radius 2 is 1.96 bits per heavy atom. The van der Waals surface area contributed by atoms with Crippen LogP contribution in [0.1, 0.15) is 28.9 Å². The van der Waals surface area contributed by atoms with Crippen molar-refractivity contribution in [3.8, 4) is 5.88 Å². The molecule has 27 heavy (non-hydrogen) atoms. The van der Waals surface area contributed by atoms with Crippen LogP contribution in [0.2, 0.25) is 0 Å². The second-order valence-electron chi connectivity index (χ2n) is 6.78. The number of nitrogens with zero attached hydrogens (tertiary/aromatic N) is 3. The van der Waals surface area contributed by atoms with E-state index in [-0.39, 0.29) is 11.9 Å². The average molecular weight is 372 g/mol. The fourth-order valence-corrected chi connectivity index (χ4v) is 3.18. The Hall–Kier alpha value is -2.67. The van der Waals surface area contributed by atoms with Crippen LogP contribution >= 0.6 is 0 Å². The molecule has 1 N–H and O–H groups in total. The summed E-state index contributed by atoms with van der Waals surface area (Å²) in [5, 5.41) is 2.95. The fraction of sp³-hybridized carbons (Fsp3) is 0.400. The second-order valence-corrected chi connectivity index (χ2v) is 6.78. The molecule has 1 unspecified atom stereocenters. The van der Waals surface area contributed by atoms with Crippen molar-refractivity contribution < 1.29 is 13.9 Å². The molecule has 1 aromatic heterocycles. The molecule has 1 amide bonds. The molecule has 1 aliphatic rings. The van der Waals surface area contributed by atoms with Crippen molar-refractivity contribution in [2.75, 3.05) is 45.2 Å². The minimum atomic E-state index is -0.420. The summed E-state index contributed by atoms with van der Waals surface area (Å²) in [7, 11) is 3.62. The number of nitrogens with one attached hydrogen (secondary N) is 1. The number of carbonyl (C=O) groups excluding carboxylic acids is 1. The number of pyridine rings is 1. The molecule has 1 aromatic carbocycles. The maximum atomic E-state index is 13.9. The van der Waals surface area contributed by atoms with E-state index >= 15 is 0 Å². The van der Waals surface area contributed by atoms with E-state index in [1.165, 1.54) is 12.1 Å². The van der Waals surface area contributed by atoms with Crippen LogP contribution in [0.4, 0.5) is 10.1 Å². The van der Waals surface area contributed by atoms with Gasteiger partial charge in [-0.1, -0.05) is 0 Å². The molecule has 1 aliphatic heterocycles. The summed E-state index contributed by atoms with van der Waals surface area (Å²) >= 11 is 0. The van der Waals surface area contributed by atoms with Crippen molar-refractivity contribution in [3.05, 3.63) is 53.5 Å². The number of hydrogen-bond acceptors (Lipinski definition) is 5. The summed E-state index contributed by atoms with van der Waals surface area (Å²) in [6.45, 7) is 5.30. The summed E-state index contributed by atoms with van der Waals surface area (Å²) < 4.78 is 19.0. The van der Waals surface area contributed by atoms with Crippen molar-refractivity contribution in [2.24, 2.45) is 0 Å². The molecule has 3 rings (SSSR count). The van der Waals surface area contributed by atoms with Gasteiger partial charge in [-0.2, -0.15) is 0 Å². The van der Waals surface area contributed by atoms with Crippen LogP contribution in [0.15, 0.2) is 36.5 Å². The third kappa shape index (κ3) is 4.54. The summed E-state index contributed by atoms with van der Waals surface area (Å²) in [6.07, 6.45) is 1.63. The molecule has 7 heteroatoms. The number of rotatable bonds is 5. The largest absolute Gasteiger partial charge is 0.481 e. The lowest BCUT2D eigenvalue weighted by Gasteiger charge is -2.35. The van der Waals surface area contributed by atoms with E-state index in [0.29, 0.717) is 11.4 Å². The van der Waals surface area contributed by atoms with Gasteiger partial charge in [-0.25, -0.2) is 9.37 Å². The number of halogens is 1. The summed E-state index contributed by atoms with van der Waals surface area (Å²) in [4.78, 5) is 21.3. The predicted molar refractivity (Wildman–Crippen MR) is 103 cm³/mol. The summed E-state index contributed by atoms with van der Waals surface area (Å²) in [5.41, 5.74) is 1.99. The molecular weight excluding hydrogens is 347 g/mol. The zero-order valence-electron chi connectivity index (χ0n) is 15.9. The van der Waals surface area contributed by atoms with Crippen LogP contribution in [0.25, 0.3) is 0 Å². The SMILES string of the molecule is COc1cc(C(C)NC(=O)c2cc(F)ccc2N2CCN(C)CC2)ccn1. The number of benzene rings is 1. The Balaban J connectivity index is 1.80. The van der Waals surface area contributed by atoms with Gasteiger partial charge in [-0.05, 0) is 43.8 Å². The van der Waals surface area contributed by atoms with E-state index in [1.807, 2.05) is 13.0 Å². The highest BCUT2D eigenvalue weighted by Crippen LogP contribution is 2.24. The molecule has 6 nitrogen and oxygen atoms in total. The number of piperazine rings is 1. The highest BCUT2D eigenvalue weighted by Gasteiger charge is 2.22. The fourth-order valence-electron chi connectivity index (χ4n) is 3.18. The third-order valence-corrected chi connectivity index (χ3v) is 4.86. The monoisotopic (exact) mass is 372 g/mol. The van der Waals surface area contributed by atoms with E-state index in [4.69, 9.17) is 4.74 Å². The van der Waals surface area contributed by atoms with Crippen LogP contribution in [0.5, 0.6) is 5.88 Å². The Morgan fingerprint density at radius 3 is 2.67 bits per heavy atom. The van der Waals surface area contributed by atoms with E-state index in [9.17, 15) is 9.18 Å². The smallest absolute Gasteiger partial charge is 0.253 e. The number of ether oxygens (including phenoxy) is 1. The molecule has 1 saturated heterocycles. The van der Waals surface area contributed by atoms with Crippen molar-refractivity contribution in [1.82, 2.24) is 15.2 Å². The quantitative estimate of drug-likeness (QED) is 0.874. The molecule has 2 heterocycles. The Labute approximate surface area is 158 Å². The number of amides is 1. The van der Waals surface area contributed by atoms with Crippen molar-refractivity contribution in [1.29, 1.82) is 0 Å². The topological polar surface area (TPSA) is 57.7 Å². The zero-order valence-corrected chi connectivity index (χ0v) is 15.9. The lowest BCUT2D eigenvalue weighted by atomic mass is 10.1. The van der Waals surface area contributed by atoms with E-state index in [1.54, 1.807) is 25.4 Å². The predicted octanol–water partition coefficient (Wildman–Crippen LogP) is 2.47. The summed E-state index contributed by atoms with van der Waals surface area (Å²) in [5.74, 6) is -0.236. The minimum Gasteiger partial charge on any atom is -0.481 e. The second kappa shape index (κ2) is 8.35. The van der Waals surface area contributed by atoms with E-state index in [0.717, 1.165) is 37.4 Å². The zero-order chi connectivity index (χ0) is 19.4. The van der Waals surface area contributed by atoms with Crippen molar-refractivity contribution in [3.63, 3.8) is 0 Å². The van der Waals surface area contributed by atoms with Crippen LogP contribution in [0, 0.1) is 5.82 Å². The first kappa shape index (κ1) is 19.1. The molecule has 0 aliphatic carbocycles. The molecule has 1 fully saturated rings. The lowest BCUT2D eigenvalue weighted by Crippen LogP contribution is -2.45. The maximum Gasteiger partial charge on any atom is 0.253 e. The summed E-state index contributed by atoms with van der Waals surface area (Å²) in [6, 6.07) is 7.73. The van der Waals surface area contributed by atoms with Gasteiger partial charge in [-0.3, -0.25) is 4.79 Å². The van der Waals surface area contributed by atoms with Gasteiger partial charge >= 0.3 is 0 Å². The van der Waals surface area contributed by atoms with Gasteiger partial charge in [0.25, 0.3) is 5.91 Å². The number of anilines is 1. The van der Waals surface area contributed by atoms with Crippen LogP contribution < -0.4 is 15.0 Å². The minimum absolute atomic E-state index is 0.266. The number of carbonyl (C=O) groups is 1. The number of hydrogen-bond donors (Lipinski definition) is 1. The first-order chi connectivity index (χ1) is 13.0. The van der Waals surface area contributed by atoms with Gasteiger partial charge in [0.05, 0.1) is 18.7 Å². The molecule has 0 spiro atoms. The standard InChI is InChI=1S/C20H25FN4O2/c1-14(15-6-7-22-19(12-15)27-3)23-20(26)17-13-16(21)4-5-18(17)25-10-8-24(2)9-11-25/h4-7,12-14H,8-11H2,1-3H3,(H,23,26). The highest BCUT2D eigenvalue weighted by molar-refractivity contribution is 6.00. The molecule has 0 bridgehead atoms. The molecule has 0 radical (unpaired) electrons. The normalized spacial score (nSPS) is 16.1. The van der Waals surface area contributed by atoms with Gasteiger partial charge in [0.1, 0.15) is 5.82 Å². The molecule has 1 atom stereocenters. The number of methoxy groups -OCH3 is 1. The maximum absolute atomic E-state index is 13.9. The van der Waals surface area contributed by atoms with Gasteiger partial charge in [0.15, 0.2) is 0 Å². The number of aromatic nitrogens is 1. The molecular formula is C20H25FN4O2. The Bertz CT molecular complexity index is 806. The first-order valence-corrected chi connectivity index (χ1v) is 9.02. The highest BCUT2D eigenvalue weighted by atomic mass is 19.1. The van der Waals surface area contributed by atoms with E-state index < -0.39 is 5.82 Å². The number of likely N-dealkylation sites (N-methyl/N-ethyl adjacent to an activating group) is 1. The molecule has 144 valence electrons. The van der Waals surface area contributed by atoms with Crippen LogP contribution in [-0.2, 0) is 0 Å². The van der Waals surface area contributed by atoms with Gasteiger partial charge in [0.2, 0.25) is 5.88 Å². The molecule has 2 aromatic rings. The van der Waals surface area contributed by atoms with Crippen LogP contribution in [0.3, 0.4) is 0 Å². The lowest BCUT2D eigenvalue weighted by molar-refractivity contribution is 0.0939. The third-order valence-electron chi connectivity index (χ3n) is 4.86. The van der Waals surface area contributed by atoms with Gasteiger partial charge < -0.3 is 19.9 Å². The van der Waals surface area contributed by atoms with Crippen LogP contribution in [-0.4, -0.2) is 56.1 Å².